The summed E-state index contributed by atoms with van der Waals surface area (Å²) in [4.78, 5) is 17.2. The lowest BCUT2D eigenvalue weighted by Gasteiger charge is -2.28. The van der Waals surface area contributed by atoms with Crippen LogP contribution in [0.15, 0.2) is 180 Å². The summed E-state index contributed by atoms with van der Waals surface area (Å²) in [6.45, 7) is 0. The van der Waals surface area contributed by atoms with Gasteiger partial charge in [0, 0.05) is 28.4 Å². The van der Waals surface area contributed by atoms with Crippen LogP contribution in [0, 0.1) is 0 Å². The highest BCUT2D eigenvalue weighted by molar-refractivity contribution is 6.07. The molecule has 0 saturated carbocycles. The summed E-state index contributed by atoms with van der Waals surface area (Å²) >= 11 is 0. The molecule has 9 aromatic rings. The fraction of sp³-hybridized carbons (Fsp3) is 0. The van der Waals surface area contributed by atoms with E-state index >= 15 is 0 Å². The van der Waals surface area contributed by atoms with Gasteiger partial charge in [0.25, 0.3) is 0 Å². The zero-order valence-corrected chi connectivity index (χ0v) is 27.4. The smallest absolute Gasteiger partial charge is 0.180 e. The minimum Gasteiger partial charge on any atom is -0.507 e. The maximum Gasteiger partial charge on any atom is 0.180 e. The van der Waals surface area contributed by atoms with Crippen LogP contribution in [0.2, 0.25) is 0 Å². The van der Waals surface area contributed by atoms with Crippen LogP contribution >= 0.6 is 0 Å². The molecule has 0 amide bonds. The maximum atomic E-state index is 10.9. The summed E-state index contributed by atoms with van der Waals surface area (Å²) in [6.07, 6.45) is 1.82. The Bertz CT molecular complexity index is 2660. The quantitative estimate of drug-likeness (QED) is 0.184. The number of hydrogen-bond acceptors (Lipinski definition) is 6. The Morgan fingerprint density at radius 3 is 1.98 bits per heavy atom. The van der Waals surface area contributed by atoms with E-state index in [-0.39, 0.29) is 5.75 Å². The van der Waals surface area contributed by atoms with Gasteiger partial charge in [-0.1, -0.05) is 109 Å². The topological polar surface area (TPSA) is 75.3 Å². The van der Waals surface area contributed by atoms with Gasteiger partial charge >= 0.3 is 0 Å². The van der Waals surface area contributed by atoms with Crippen LogP contribution in [0.25, 0.3) is 67.0 Å². The standard InChI is InChI=1S/C45H30N4O2/c50-39-23-11-8-20-36(39)45-47-42(44-43(48-45)37-21-9-12-24-40(37)51-44)33-27-32(30-15-3-1-4-16-30)28-34(29-33)49(41-25-13-14-26-46-41)38-22-10-7-19-35(38)31-17-5-2-6-18-31/h1-29,50H. The number of aromatic hydroxyl groups is 1. The van der Waals surface area contributed by atoms with Crippen LogP contribution in [0.1, 0.15) is 0 Å². The number of furan rings is 1. The second kappa shape index (κ2) is 12.8. The van der Waals surface area contributed by atoms with E-state index in [9.17, 15) is 5.11 Å². The Labute approximate surface area is 294 Å². The van der Waals surface area contributed by atoms with Crippen molar-refractivity contribution >= 4 is 39.3 Å². The molecular formula is C45H30N4O2. The first kappa shape index (κ1) is 30.0. The van der Waals surface area contributed by atoms with Gasteiger partial charge < -0.3 is 9.52 Å². The van der Waals surface area contributed by atoms with E-state index in [4.69, 9.17) is 19.4 Å². The van der Waals surface area contributed by atoms with Crippen molar-refractivity contribution in [2.45, 2.75) is 0 Å². The Hall–Kier alpha value is -7.05. The van der Waals surface area contributed by atoms with Gasteiger partial charge in [-0.3, -0.25) is 4.90 Å². The number of aromatic nitrogens is 3. The third kappa shape index (κ3) is 5.55. The molecule has 0 aliphatic carbocycles. The van der Waals surface area contributed by atoms with Crippen LogP contribution in [0.4, 0.5) is 17.2 Å². The molecule has 1 N–H and O–H groups in total. The first-order valence-electron chi connectivity index (χ1n) is 16.8. The Morgan fingerprint density at radius 1 is 0.529 bits per heavy atom. The Balaban J connectivity index is 1.35. The van der Waals surface area contributed by atoms with Crippen molar-refractivity contribution in [3.8, 4) is 50.6 Å². The van der Waals surface area contributed by atoms with Crippen LogP contribution < -0.4 is 4.90 Å². The van der Waals surface area contributed by atoms with Crippen molar-refractivity contribution in [2.24, 2.45) is 0 Å². The zero-order valence-electron chi connectivity index (χ0n) is 27.4. The fourth-order valence-corrected chi connectivity index (χ4v) is 6.66. The van der Waals surface area contributed by atoms with E-state index in [1.54, 1.807) is 12.1 Å². The number of phenols is 1. The molecule has 0 unspecified atom stereocenters. The third-order valence-electron chi connectivity index (χ3n) is 9.03. The second-order valence-corrected chi connectivity index (χ2v) is 12.2. The third-order valence-corrected chi connectivity index (χ3v) is 9.03. The number of para-hydroxylation sites is 3. The first-order chi connectivity index (χ1) is 25.2. The van der Waals surface area contributed by atoms with E-state index in [0.717, 1.165) is 50.4 Å². The highest BCUT2D eigenvalue weighted by Gasteiger charge is 2.23. The Kier molecular flexibility index (Phi) is 7.52. The minimum atomic E-state index is 0.105. The lowest BCUT2D eigenvalue weighted by Crippen LogP contribution is -2.13. The van der Waals surface area contributed by atoms with Gasteiger partial charge in [-0.25, -0.2) is 15.0 Å². The molecule has 9 rings (SSSR count). The molecule has 0 aliphatic heterocycles. The molecule has 3 heterocycles. The fourth-order valence-electron chi connectivity index (χ4n) is 6.66. The molecule has 0 bridgehead atoms. The van der Waals surface area contributed by atoms with Crippen molar-refractivity contribution in [1.82, 2.24) is 15.0 Å². The van der Waals surface area contributed by atoms with Crippen LogP contribution in [0.3, 0.4) is 0 Å². The molecule has 0 radical (unpaired) electrons. The van der Waals surface area contributed by atoms with Gasteiger partial charge in [0.1, 0.15) is 28.4 Å². The first-order valence-corrected chi connectivity index (χ1v) is 16.8. The monoisotopic (exact) mass is 658 g/mol. The molecule has 0 atom stereocenters. The number of pyridine rings is 1. The van der Waals surface area contributed by atoms with Crippen molar-refractivity contribution in [1.29, 1.82) is 0 Å². The molecule has 0 fully saturated rings. The Morgan fingerprint density at radius 2 is 1.20 bits per heavy atom. The second-order valence-electron chi connectivity index (χ2n) is 12.2. The van der Waals surface area contributed by atoms with Gasteiger partial charge in [-0.05, 0) is 77.4 Å². The largest absolute Gasteiger partial charge is 0.507 e. The predicted octanol–water partition coefficient (Wildman–Crippen LogP) is 11.6. The molecule has 0 spiro atoms. The van der Waals surface area contributed by atoms with Crippen molar-refractivity contribution in [3.63, 3.8) is 0 Å². The SMILES string of the molecule is Oc1ccccc1-c1nc(-c2cc(-c3ccccc3)cc(N(c3ccccn3)c3ccccc3-c3ccccc3)c2)c2oc3ccccc3c2n1. The van der Waals surface area contributed by atoms with Crippen LogP contribution in [-0.2, 0) is 0 Å². The maximum absolute atomic E-state index is 10.9. The predicted molar refractivity (Wildman–Crippen MR) is 205 cm³/mol. The lowest BCUT2D eigenvalue weighted by atomic mass is 9.98. The summed E-state index contributed by atoms with van der Waals surface area (Å²) in [6, 6.07) is 56.5. The lowest BCUT2D eigenvalue weighted by molar-refractivity contribution is 0.477. The summed E-state index contributed by atoms with van der Waals surface area (Å²) < 4.78 is 6.54. The van der Waals surface area contributed by atoms with Crippen LogP contribution in [0.5, 0.6) is 5.75 Å². The minimum absolute atomic E-state index is 0.105. The van der Waals surface area contributed by atoms with Crippen molar-refractivity contribution < 1.29 is 9.52 Å². The molecule has 51 heavy (non-hydrogen) atoms. The number of nitrogens with zero attached hydrogens (tertiary/aromatic N) is 4. The van der Waals surface area contributed by atoms with Gasteiger partial charge in [0.2, 0.25) is 0 Å². The average molecular weight is 659 g/mol. The number of rotatable bonds is 7. The molecular weight excluding hydrogens is 629 g/mol. The molecule has 0 saturated heterocycles. The molecule has 242 valence electrons. The van der Waals surface area contributed by atoms with E-state index in [0.29, 0.717) is 33.8 Å². The van der Waals surface area contributed by atoms with Crippen molar-refractivity contribution in [3.05, 3.63) is 176 Å². The van der Waals surface area contributed by atoms with E-state index < -0.39 is 0 Å². The number of phenolic OH excluding ortho intramolecular Hbond substituents is 1. The summed E-state index contributed by atoms with van der Waals surface area (Å²) in [5, 5.41) is 11.8. The van der Waals surface area contributed by atoms with E-state index in [1.165, 1.54) is 0 Å². The van der Waals surface area contributed by atoms with Gasteiger partial charge in [-0.2, -0.15) is 0 Å². The molecule has 6 nitrogen and oxygen atoms in total. The van der Waals surface area contributed by atoms with E-state index in [1.807, 2.05) is 85.1 Å². The van der Waals surface area contributed by atoms with Crippen molar-refractivity contribution in [2.75, 3.05) is 4.90 Å². The normalized spacial score (nSPS) is 11.2. The summed E-state index contributed by atoms with van der Waals surface area (Å²) in [5.41, 5.74) is 10.0. The zero-order chi connectivity index (χ0) is 34.1. The number of fused-ring (bicyclic) bond motifs is 3. The van der Waals surface area contributed by atoms with Gasteiger partial charge in [0.05, 0.1) is 11.3 Å². The highest BCUT2D eigenvalue weighted by atomic mass is 16.3. The van der Waals surface area contributed by atoms with Crippen LogP contribution in [-0.4, -0.2) is 20.1 Å². The van der Waals surface area contributed by atoms with E-state index in [2.05, 4.69) is 83.8 Å². The number of hydrogen-bond donors (Lipinski definition) is 1. The number of anilines is 3. The molecule has 6 heteroatoms. The van der Waals surface area contributed by atoms with Gasteiger partial charge in [0.15, 0.2) is 11.4 Å². The highest BCUT2D eigenvalue weighted by Crippen LogP contribution is 2.44. The average Bonchev–Trinajstić information content (AvgIpc) is 3.58. The summed E-state index contributed by atoms with van der Waals surface area (Å²) in [5.74, 6) is 1.28. The summed E-state index contributed by atoms with van der Waals surface area (Å²) in [7, 11) is 0. The number of benzene rings is 6. The molecule has 6 aromatic carbocycles. The molecule has 0 aliphatic rings. The van der Waals surface area contributed by atoms with Gasteiger partial charge in [-0.15, -0.1) is 0 Å². The molecule has 3 aromatic heterocycles.